The molecular formula is C27H29N3O2S. The lowest BCUT2D eigenvalue weighted by molar-refractivity contribution is -0.136. The minimum Gasteiger partial charge on any atom is -0.481 e. The highest BCUT2D eigenvalue weighted by Crippen LogP contribution is 2.32. The number of carboxylic acids is 1. The van der Waals surface area contributed by atoms with Crippen molar-refractivity contribution in [3.63, 3.8) is 0 Å². The molecule has 5 nitrogen and oxygen atoms in total. The molecule has 6 heteroatoms. The number of fused-ring (bicyclic) bond motifs is 1. The van der Waals surface area contributed by atoms with Crippen LogP contribution in [0.4, 0.5) is 5.69 Å². The second-order valence-electron chi connectivity index (χ2n) is 8.49. The van der Waals surface area contributed by atoms with E-state index < -0.39 is 5.97 Å². The van der Waals surface area contributed by atoms with Crippen molar-refractivity contribution in [3.05, 3.63) is 83.9 Å². The van der Waals surface area contributed by atoms with Gasteiger partial charge in [-0.3, -0.25) is 4.79 Å². The van der Waals surface area contributed by atoms with Crippen LogP contribution >= 0.6 is 11.3 Å². The Balaban J connectivity index is 1.42. The monoisotopic (exact) mass is 459 g/mol. The summed E-state index contributed by atoms with van der Waals surface area (Å²) in [6.07, 6.45) is 0.132. The Morgan fingerprint density at radius 1 is 1.00 bits per heavy atom. The third kappa shape index (κ3) is 5.97. The molecule has 0 bridgehead atoms. The third-order valence-corrected chi connectivity index (χ3v) is 6.68. The van der Waals surface area contributed by atoms with Crippen molar-refractivity contribution in [1.29, 1.82) is 0 Å². The predicted octanol–water partition coefficient (Wildman–Crippen LogP) is 6.34. The number of anilines is 1. The molecule has 0 amide bonds. The number of carbonyl (C=O) groups is 1. The van der Waals surface area contributed by atoms with Crippen LogP contribution in [0.3, 0.4) is 0 Å². The third-order valence-electron chi connectivity index (χ3n) is 5.60. The molecule has 170 valence electrons. The standard InChI is InChI=1S/C27H29N3O2S/c1-18(2)26(29-22-13-7-19(8-14-22)17-28-16-15-25(31)32)20-9-11-21(12-10-20)27-30-23-5-3-4-6-24(23)33-27/h3-14,18,26,28-29H,15-17H2,1-2H3,(H,31,32)/t26-/m0/s1. The summed E-state index contributed by atoms with van der Waals surface area (Å²) >= 11 is 1.72. The zero-order valence-electron chi connectivity index (χ0n) is 18.9. The van der Waals surface area contributed by atoms with Crippen molar-refractivity contribution in [2.45, 2.75) is 32.9 Å². The van der Waals surface area contributed by atoms with E-state index in [-0.39, 0.29) is 12.5 Å². The maximum Gasteiger partial charge on any atom is 0.304 e. The summed E-state index contributed by atoms with van der Waals surface area (Å²) in [5.74, 6) is -0.370. The number of hydrogen-bond acceptors (Lipinski definition) is 5. The molecule has 0 saturated heterocycles. The van der Waals surface area contributed by atoms with Gasteiger partial charge in [-0.1, -0.05) is 62.4 Å². The van der Waals surface area contributed by atoms with E-state index in [4.69, 9.17) is 10.1 Å². The highest BCUT2D eigenvalue weighted by molar-refractivity contribution is 7.21. The molecule has 3 N–H and O–H groups in total. The van der Waals surface area contributed by atoms with Crippen LogP contribution in [-0.4, -0.2) is 22.6 Å². The molecule has 0 aliphatic rings. The summed E-state index contributed by atoms with van der Waals surface area (Å²) in [4.78, 5) is 15.4. The number of nitrogens with zero attached hydrogens (tertiary/aromatic N) is 1. The lowest BCUT2D eigenvalue weighted by Crippen LogP contribution is -2.18. The minimum atomic E-state index is -0.783. The Labute approximate surface area is 198 Å². The molecule has 3 aromatic carbocycles. The van der Waals surface area contributed by atoms with Gasteiger partial charge in [0.1, 0.15) is 5.01 Å². The Morgan fingerprint density at radius 2 is 1.73 bits per heavy atom. The molecule has 0 unspecified atom stereocenters. The zero-order valence-corrected chi connectivity index (χ0v) is 19.7. The first-order valence-corrected chi connectivity index (χ1v) is 12.0. The molecule has 33 heavy (non-hydrogen) atoms. The second-order valence-corrected chi connectivity index (χ2v) is 9.52. The van der Waals surface area contributed by atoms with Crippen molar-refractivity contribution in [1.82, 2.24) is 10.3 Å². The number of benzene rings is 3. The van der Waals surface area contributed by atoms with E-state index in [1.165, 1.54) is 10.3 Å². The van der Waals surface area contributed by atoms with Crippen LogP contribution in [0.2, 0.25) is 0 Å². The molecule has 1 heterocycles. The SMILES string of the molecule is CC(C)[C@H](Nc1ccc(CNCCC(=O)O)cc1)c1ccc(-c2nc3ccccc3s2)cc1. The van der Waals surface area contributed by atoms with Gasteiger partial charge in [0, 0.05) is 24.3 Å². The van der Waals surface area contributed by atoms with Gasteiger partial charge in [0.05, 0.1) is 22.7 Å². The van der Waals surface area contributed by atoms with Gasteiger partial charge in [-0.05, 0) is 41.3 Å². The van der Waals surface area contributed by atoms with E-state index in [2.05, 4.69) is 91.2 Å². The summed E-state index contributed by atoms with van der Waals surface area (Å²) in [5.41, 5.74) is 5.63. The van der Waals surface area contributed by atoms with Crippen LogP contribution in [-0.2, 0) is 11.3 Å². The van der Waals surface area contributed by atoms with Crippen molar-refractivity contribution in [2.24, 2.45) is 5.92 Å². The van der Waals surface area contributed by atoms with Crippen molar-refractivity contribution in [3.8, 4) is 10.6 Å². The van der Waals surface area contributed by atoms with Crippen molar-refractivity contribution < 1.29 is 9.90 Å². The highest BCUT2D eigenvalue weighted by atomic mass is 32.1. The van der Waals surface area contributed by atoms with Crippen molar-refractivity contribution >= 4 is 33.2 Å². The van der Waals surface area contributed by atoms with Crippen LogP contribution in [0.1, 0.15) is 37.4 Å². The summed E-state index contributed by atoms with van der Waals surface area (Å²) in [5, 5.41) is 16.6. The predicted molar refractivity (Wildman–Crippen MR) is 137 cm³/mol. The van der Waals surface area contributed by atoms with Crippen LogP contribution < -0.4 is 10.6 Å². The smallest absolute Gasteiger partial charge is 0.304 e. The first-order valence-electron chi connectivity index (χ1n) is 11.2. The van der Waals surface area contributed by atoms with Crippen LogP contribution in [0.15, 0.2) is 72.8 Å². The first-order chi connectivity index (χ1) is 16.0. The van der Waals surface area contributed by atoms with Gasteiger partial charge in [-0.15, -0.1) is 11.3 Å². The molecule has 0 aliphatic heterocycles. The Kier molecular flexibility index (Phi) is 7.37. The molecule has 1 atom stereocenters. The maximum atomic E-state index is 10.6. The Bertz CT molecular complexity index is 1170. The van der Waals surface area contributed by atoms with Crippen LogP contribution in [0, 0.1) is 5.92 Å². The average Bonchev–Trinajstić information content (AvgIpc) is 3.25. The molecule has 4 aromatic rings. The molecule has 1 aromatic heterocycles. The molecule has 4 rings (SSSR count). The topological polar surface area (TPSA) is 74.2 Å². The van der Waals surface area contributed by atoms with Gasteiger partial charge in [0.15, 0.2) is 0 Å². The summed E-state index contributed by atoms with van der Waals surface area (Å²) in [7, 11) is 0. The molecule has 0 radical (unpaired) electrons. The number of carboxylic acid groups (broad SMARTS) is 1. The molecule has 0 aliphatic carbocycles. The maximum absolute atomic E-state index is 10.6. The summed E-state index contributed by atoms with van der Waals surface area (Å²) in [6, 6.07) is 25.5. The van der Waals surface area contributed by atoms with Gasteiger partial charge in [0.25, 0.3) is 0 Å². The number of hydrogen-bond donors (Lipinski definition) is 3. The van der Waals surface area contributed by atoms with E-state index in [0.717, 1.165) is 27.3 Å². The lowest BCUT2D eigenvalue weighted by Gasteiger charge is -2.24. The number of aliphatic carboxylic acids is 1. The van der Waals surface area contributed by atoms with E-state index in [1.807, 2.05) is 6.07 Å². The Morgan fingerprint density at radius 3 is 2.39 bits per heavy atom. The van der Waals surface area contributed by atoms with Gasteiger partial charge in [-0.2, -0.15) is 0 Å². The van der Waals surface area contributed by atoms with E-state index in [9.17, 15) is 4.79 Å². The molecule has 0 spiro atoms. The van der Waals surface area contributed by atoms with Crippen LogP contribution in [0.5, 0.6) is 0 Å². The summed E-state index contributed by atoms with van der Waals surface area (Å²) < 4.78 is 1.21. The number of para-hydroxylation sites is 1. The lowest BCUT2D eigenvalue weighted by atomic mass is 9.95. The van der Waals surface area contributed by atoms with Gasteiger partial charge in [0.2, 0.25) is 0 Å². The van der Waals surface area contributed by atoms with E-state index in [0.29, 0.717) is 19.0 Å². The fraction of sp³-hybridized carbons (Fsp3) is 0.259. The number of nitrogens with one attached hydrogen (secondary N) is 2. The van der Waals surface area contributed by atoms with Gasteiger partial charge in [-0.25, -0.2) is 4.98 Å². The van der Waals surface area contributed by atoms with E-state index in [1.54, 1.807) is 11.3 Å². The fourth-order valence-electron chi connectivity index (χ4n) is 3.79. The molecule has 0 saturated carbocycles. The molecular weight excluding hydrogens is 430 g/mol. The van der Waals surface area contributed by atoms with Crippen LogP contribution in [0.25, 0.3) is 20.8 Å². The molecule has 0 fully saturated rings. The quantitative estimate of drug-likeness (QED) is 0.241. The number of aromatic nitrogens is 1. The number of rotatable bonds is 10. The highest BCUT2D eigenvalue weighted by Gasteiger charge is 2.16. The van der Waals surface area contributed by atoms with Crippen molar-refractivity contribution in [2.75, 3.05) is 11.9 Å². The minimum absolute atomic E-state index is 0.132. The summed E-state index contributed by atoms with van der Waals surface area (Å²) in [6.45, 7) is 5.58. The Hall–Kier alpha value is -3.22. The largest absolute Gasteiger partial charge is 0.481 e. The number of thiazole rings is 1. The fourth-order valence-corrected chi connectivity index (χ4v) is 4.76. The van der Waals surface area contributed by atoms with Gasteiger partial charge < -0.3 is 15.7 Å². The van der Waals surface area contributed by atoms with Gasteiger partial charge >= 0.3 is 5.97 Å². The van der Waals surface area contributed by atoms with E-state index >= 15 is 0 Å². The normalized spacial score (nSPS) is 12.2. The second kappa shape index (κ2) is 10.6. The average molecular weight is 460 g/mol. The zero-order chi connectivity index (χ0) is 23.2. The first kappa shape index (κ1) is 23.0.